The summed E-state index contributed by atoms with van der Waals surface area (Å²) in [5.74, 6) is 0. The van der Waals surface area contributed by atoms with E-state index in [1.807, 2.05) is 49.5 Å². The summed E-state index contributed by atoms with van der Waals surface area (Å²) in [6.07, 6.45) is 1.83. The lowest BCUT2D eigenvalue weighted by molar-refractivity contribution is 1.29. The zero-order chi connectivity index (χ0) is 16.2. The van der Waals surface area contributed by atoms with Crippen molar-refractivity contribution in [2.75, 3.05) is 0 Å². The molecule has 23 heavy (non-hydrogen) atoms. The van der Waals surface area contributed by atoms with Crippen LogP contribution in [0.3, 0.4) is 0 Å². The number of pyridine rings is 1. The lowest BCUT2D eigenvalue weighted by Gasteiger charge is -2.09. The summed E-state index contributed by atoms with van der Waals surface area (Å²) in [6.45, 7) is 9.33. The van der Waals surface area contributed by atoms with Crippen molar-refractivity contribution in [2.24, 2.45) is 0 Å². The van der Waals surface area contributed by atoms with Crippen LogP contribution in [0.1, 0.15) is 11.1 Å². The third kappa shape index (κ3) is 2.81. The Morgan fingerprint density at radius 1 is 1.04 bits per heavy atom. The molecule has 0 spiro atoms. The minimum atomic E-state index is 0.503. The van der Waals surface area contributed by atoms with Gasteiger partial charge in [0.1, 0.15) is 0 Å². The van der Waals surface area contributed by atoms with E-state index in [4.69, 9.17) is 11.8 Å². The Morgan fingerprint density at radius 3 is 2.48 bits per heavy atom. The highest BCUT2D eigenvalue weighted by atomic mass is 14.7. The Kier molecular flexibility index (Phi) is 3.87. The van der Waals surface area contributed by atoms with E-state index in [2.05, 4.69) is 15.9 Å². The fraction of sp³-hybridized carbons (Fsp3) is 0.0500. The number of hydrogen-bond acceptors (Lipinski definition) is 2. The van der Waals surface area contributed by atoms with Crippen molar-refractivity contribution in [3.8, 4) is 28.5 Å². The van der Waals surface area contributed by atoms with E-state index in [0.717, 1.165) is 16.7 Å². The molecule has 3 nitrogen and oxygen atoms in total. The molecule has 2 aromatic carbocycles. The molecule has 0 atom stereocenters. The second-order valence-corrected chi connectivity index (χ2v) is 5.21. The van der Waals surface area contributed by atoms with E-state index in [-0.39, 0.29) is 0 Å². The molecule has 0 amide bonds. The Balaban J connectivity index is 2.12. The summed E-state index contributed by atoms with van der Waals surface area (Å²) >= 11 is 0. The first kappa shape index (κ1) is 14.5. The summed E-state index contributed by atoms with van der Waals surface area (Å²) in [7, 11) is 0. The maximum Gasteiger partial charge on any atom is 0.196 e. The Morgan fingerprint density at radius 2 is 1.83 bits per heavy atom. The lowest BCUT2D eigenvalue weighted by atomic mass is 9.99. The maximum absolute atomic E-state index is 9.07. The molecule has 0 N–H and O–H groups in total. The maximum atomic E-state index is 9.07. The summed E-state index contributed by atoms with van der Waals surface area (Å²) in [6, 6.07) is 19.2. The molecule has 1 aromatic heterocycles. The first-order valence-corrected chi connectivity index (χ1v) is 7.17. The fourth-order valence-electron chi connectivity index (χ4n) is 2.53. The molecular formula is C20H13N3. The number of aryl methyl sites for hydroxylation is 1. The van der Waals surface area contributed by atoms with Crippen LogP contribution in [0.4, 0.5) is 5.69 Å². The monoisotopic (exact) mass is 295 g/mol. The highest BCUT2D eigenvalue weighted by Gasteiger charge is 2.10. The molecule has 1 heterocycles. The molecule has 0 aliphatic carbocycles. The molecule has 108 valence electrons. The molecule has 3 rings (SSSR count). The number of rotatable bonds is 2. The highest BCUT2D eigenvalue weighted by Crippen LogP contribution is 2.32. The average molecular weight is 295 g/mol. The summed E-state index contributed by atoms with van der Waals surface area (Å²) in [4.78, 5) is 8.05. The molecule has 0 aliphatic heterocycles. The zero-order valence-corrected chi connectivity index (χ0v) is 12.6. The second kappa shape index (κ2) is 6.13. The fourth-order valence-corrected chi connectivity index (χ4v) is 2.53. The minimum Gasteiger partial charge on any atom is -0.257 e. The molecule has 0 fully saturated rings. The quantitative estimate of drug-likeness (QED) is 0.614. The van der Waals surface area contributed by atoms with E-state index in [1.54, 1.807) is 18.2 Å². The Labute approximate surface area is 135 Å². The van der Waals surface area contributed by atoms with E-state index in [0.29, 0.717) is 22.5 Å². The van der Waals surface area contributed by atoms with Crippen LogP contribution >= 0.6 is 0 Å². The van der Waals surface area contributed by atoms with Gasteiger partial charge in [-0.3, -0.25) is 4.98 Å². The molecule has 3 heteroatoms. The zero-order valence-electron chi connectivity index (χ0n) is 12.6. The van der Waals surface area contributed by atoms with Gasteiger partial charge in [-0.05, 0) is 30.2 Å². The molecule has 3 aromatic rings. The van der Waals surface area contributed by atoms with Crippen molar-refractivity contribution in [1.29, 1.82) is 5.26 Å². The first-order valence-electron chi connectivity index (χ1n) is 7.17. The van der Waals surface area contributed by atoms with Crippen molar-refractivity contribution in [2.45, 2.75) is 6.92 Å². The Bertz CT molecular complexity index is 945. The van der Waals surface area contributed by atoms with E-state index in [9.17, 15) is 0 Å². The van der Waals surface area contributed by atoms with Gasteiger partial charge in [0.25, 0.3) is 0 Å². The van der Waals surface area contributed by atoms with Crippen molar-refractivity contribution in [3.63, 3.8) is 0 Å². The van der Waals surface area contributed by atoms with Crippen LogP contribution < -0.4 is 0 Å². The van der Waals surface area contributed by atoms with Crippen LogP contribution in [0, 0.1) is 24.8 Å². The van der Waals surface area contributed by atoms with Crippen LogP contribution in [-0.2, 0) is 0 Å². The van der Waals surface area contributed by atoms with Gasteiger partial charge in [0.15, 0.2) is 5.69 Å². The van der Waals surface area contributed by atoms with Crippen LogP contribution in [0.2, 0.25) is 0 Å². The number of hydrogen-bond donors (Lipinski definition) is 0. The third-order valence-electron chi connectivity index (χ3n) is 3.72. The standard InChI is InChI=1S/C20H13N3/c1-14-10-20(17-11-15(12-21)8-9-19(17)22-2)23-13-18(14)16-6-4-3-5-7-16/h3-11,13H,1H3. The van der Waals surface area contributed by atoms with Crippen LogP contribution in [0.15, 0.2) is 60.8 Å². The van der Waals surface area contributed by atoms with Gasteiger partial charge in [-0.2, -0.15) is 5.26 Å². The van der Waals surface area contributed by atoms with Crippen LogP contribution in [-0.4, -0.2) is 4.98 Å². The number of nitrogens with zero attached hydrogens (tertiary/aromatic N) is 3. The van der Waals surface area contributed by atoms with Gasteiger partial charge >= 0.3 is 0 Å². The molecule has 0 saturated carbocycles. The van der Waals surface area contributed by atoms with E-state index >= 15 is 0 Å². The number of benzene rings is 2. The van der Waals surface area contributed by atoms with Gasteiger partial charge in [-0.25, -0.2) is 4.85 Å². The van der Waals surface area contributed by atoms with Crippen molar-refractivity contribution < 1.29 is 0 Å². The molecule has 0 radical (unpaired) electrons. The lowest BCUT2D eigenvalue weighted by Crippen LogP contribution is -1.90. The summed E-state index contributed by atoms with van der Waals surface area (Å²) in [5, 5.41) is 9.07. The number of nitriles is 1. The van der Waals surface area contributed by atoms with Crippen LogP contribution in [0.5, 0.6) is 0 Å². The molecule has 0 aliphatic rings. The number of aromatic nitrogens is 1. The molecule has 0 saturated heterocycles. The van der Waals surface area contributed by atoms with Crippen molar-refractivity contribution in [1.82, 2.24) is 4.98 Å². The summed E-state index contributed by atoms with van der Waals surface area (Å²) in [5.41, 5.74) is 5.70. The topological polar surface area (TPSA) is 41.0 Å². The molecular weight excluding hydrogens is 282 g/mol. The Hall–Kier alpha value is -3.43. The predicted octanol–water partition coefficient (Wildman–Crippen LogP) is 5.15. The largest absolute Gasteiger partial charge is 0.257 e. The van der Waals surface area contributed by atoms with Gasteiger partial charge < -0.3 is 0 Å². The van der Waals surface area contributed by atoms with E-state index in [1.165, 1.54) is 0 Å². The van der Waals surface area contributed by atoms with Gasteiger partial charge in [0, 0.05) is 17.3 Å². The van der Waals surface area contributed by atoms with Crippen molar-refractivity contribution >= 4 is 5.69 Å². The van der Waals surface area contributed by atoms with Gasteiger partial charge in [-0.1, -0.05) is 42.5 Å². The van der Waals surface area contributed by atoms with Crippen LogP contribution in [0.25, 0.3) is 27.2 Å². The normalized spacial score (nSPS) is 9.87. The minimum absolute atomic E-state index is 0.503. The molecule has 0 bridgehead atoms. The first-order chi connectivity index (χ1) is 11.2. The smallest absolute Gasteiger partial charge is 0.196 e. The average Bonchev–Trinajstić information content (AvgIpc) is 2.61. The highest BCUT2D eigenvalue weighted by molar-refractivity contribution is 5.79. The van der Waals surface area contributed by atoms with Crippen molar-refractivity contribution in [3.05, 3.63) is 83.3 Å². The van der Waals surface area contributed by atoms with E-state index < -0.39 is 0 Å². The molecule has 0 unspecified atom stereocenters. The second-order valence-electron chi connectivity index (χ2n) is 5.21. The SMILES string of the molecule is [C-]#[N+]c1ccc(C#N)cc1-c1cc(C)c(-c2ccccc2)cn1. The summed E-state index contributed by atoms with van der Waals surface area (Å²) < 4.78 is 0. The van der Waals surface area contributed by atoms with Gasteiger partial charge in [0.05, 0.1) is 23.9 Å². The third-order valence-corrected chi connectivity index (χ3v) is 3.72. The predicted molar refractivity (Wildman–Crippen MR) is 90.8 cm³/mol. The van der Waals surface area contributed by atoms with Gasteiger partial charge in [-0.15, -0.1) is 0 Å². The van der Waals surface area contributed by atoms with Gasteiger partial charge in [0.2, 0.25) is 0 Å².